The van der Waals surface area contributed by atoms with Crippen LogP contribution in [0.5, 0.6) is 5.75 Å². The van der Waals surface area contributed by atoms with Gasteiger partial charge in [-0.15, -0.1) is 0 Å². The molecule has 17 heavy (non-hydrogen) atoms. The molecule has 1 heterocycles. The zero-order chi connectivity index (χ0) is 12.4. The van der Waals surface area contributed by atoms with Gasteiger partial charge >= 0.3 is 0 Å². The Kier molecular flexibility index (Phi) is 4.10. The first-order valence-electron chi connectivity index (χ1n) is 6.30. The van der Waals surface area contributed by atoms with Crippen LogP contribution in [0.15, 0.2) is 10.5 Å². The summed E-state index contributed by atoms with van der Waals surface area (Å²) in [5.41, 5.74) is 3.21. The van der Waals surface area contributed by atoms with Crippen LogP contribution < -0.4 is 5.32 Å². The minimum Gasteiger partial charge on any atom is -0.507 e. The summed E-state index contributed by atoms with van der Waals surface area (Å²) in [4.78, 5) is 0. The summed E-state index contributed by atoms with van der Waals surface area (Å²) in [5, 5.41) is 13.7. The van der Waals surface area contributed by atoms with Crippen LogP contribution in [-0.2, 0) is 6.42 Å². The predicted octanol–water partition coefficient (Wildman–Crippen LogP) is 3.46. The van der Waals surface area contributed by atoms with Crippen molar-refractivity contribution in [2.45, 2.75) is 45.6 Å². The highest BCUT2D eigenvalue weighted by molar-refractivity contribution is 9.10. The Bertz CT molecular complexity index is 385. The Balaban J connectivity index is 2.24. The maximum atomic E-state index is 10.2. The highest BCUT2D eigenvalue weighted by Crippen LogP contribution is 2.32. The minimum atomic E-state index is 0.470. The van der Waals surface area contributed by atoms with Crippen molar-refractivity contribution in [3.63, 3.8) is 0 Å². The summed E-state index contributed by atoms with van der Waals surface area (Å²) in [7, 11) is 0. The van der Waals surface area contributed by atoms with Gasteiger partial charge in [-0.2, -0.15) is 0 Å². The van der Waals surface area contributed by atoms with Crippen LogP contribution in [0.3, 0.4) is 0 Å². The van der Waals surface area contributed by atoms with Gasteiger partial charge in [0.2, 0.25) is 0 Å². The third kappa shape index (κ3) is 2.83. The molecule has 1 saturated heterocycles. The summed E-state index contributed by atoms with van der Waals surface area (Å²) in [5.74, 6) is 0.470. The minimum absolute atomic E-state index is 0.470. The van der Waals surface area contributed by atoms with E-state index in [2.05, 4.69) is 28.2 Å². The Hall–Kier alpha value is -0.540. The van der Waals surface area contributed by atoms with Crippen molar-refractivity contribution in [2.75, 3.05) is 6.54 Å². The number of aromatic hydroxyl groups is 1. The van der Waals surface area contributed by atoms with Crippen LogP contribution in [0.4, 0.5) is 0 Å². The Morgan fingerprint density at radius 2 is 2.18 bits per heavy atom. The fourth-order valence-corrected chi connectivity index (χ4v) is 3.10. The van der Waals surface area contributed by atoms with Crippen LogP contribution >= 0.6 is 15.9 Å². The standard InChI is InChI=1S/C14H20BrNO/c1-9-7-13(15)10(2)12(14(9)17)8-11-5-3-4-6-16-11/h7,11,16-17H,3-6,8H2,1-2H3. The number of aryl methyl sites for hydroxylation is 1. The number of rotatable bonds is 2. The van der Waals surface area contributed by atoms with Gasteiger partial charge in [-0.3, -0.25) is 0 Å². The first kappa shape index (κ1) is 12.9. The fraction of sp³-hybridized carbons (Fsp3) is 0.571. The van der Waals surface area contributed by atoms with E-state index >= 15 is 0 Å². The van der Waals surface area contributed by atoms with Gasteiger partial charge in [0.15, 0.2) is 0 Å². The van der Waals surface area contributed by atoms with E-state index in [1.807, 2.05) is 13.0 Å². The highest BCUT2D eigenvalue weighted by atomic mass is 79.9. The molecule has 0 saturated carbocycles. The van der Waals surface area contributed by atoms with Crippen LogP contribution in [0.2, 0.25) is 0 Å². The maximum Gasteiger partial charge on any atom is 0.122 e. The smallest absolute Gasteiger partial charge is 0.122 e. The van der Waals surface area contributed by atoms with Crippen molar-refractivity contribution in [1.82, 2.24) is 5.32 Å². The molecule has 94 valence electrons. The van der Waals surface area contributed by atoms with Crippen molar-refractivity contribution < 1.29 is 5.11 Å². The Morgan fingerprint density at radius 3 is 2.82 bits per heavy atom. The number of benzene rings is 1. The quantitative estimate of drug-likeness (QED) is 0.876. The van der Waals surface area contributed by atoms with E-state index in [-0.39, 0.29) is 0 Å². The zero-order valence-electron chi connectivity index (χ0n) is 10.5. The van der Waals surface area contributed by atoms with Crippen molar-refractivity contribution >= 4 is 15.9 Å². The summed E-state index contributed by atoms with van der Waals surface area (Å²) in [6.07, 6.45) is 4.71. The van der Waals surface area contributed by atoms with E-state index in [1.165, 1.54) is 24.8 Å². The zero-order valence-corrected chi connectivity index (χ0v) is 12.1. The molecule has 0 spiro atoms. The second-order valence-corrected chi connectivity index (χ2v) is 5.83. The van der Waals surface area contributed by atoms with Gasteiger partial charge in [-0.25, -0.2) is 0 Å². The molecule has 1 atom stereocenters. The number of piperidine rings is 1. The van der Waals surface area contributed by atoms with E-state index in [9.17, 15) is 5.11 Å². The molecule has 2 N–H and O–H groups in total. The molecule has 3 heteroatoms. The molecule has 1 aromatic rings. The molecule has 1 aliphatic rings. The average molecular weight is 298 g/mol. The lowest BCUT2D eigenvalue weighted by atomic mass is 9.93. The van der Waals surface area contributed by atoms with Gasteiger partial charge in [0.25, 0.3) is 0 Å². The molecule has 1 aromatic carbocycles. The van der Waals surface area contributed by atoms with Gasteiger partial charge < -0.3 is 10.4 Å². The molecule has 2 rings (SSSR count). The molecule has 1 unspecified atom stereocenters. The monoisotopic (exact) mass is 297 g/mol. The highest BCUT2D eigenvalue weighted by Gasteiger charge is 2.18. The number of hydrogen-bond acceptors (Lipinski definition) is 2. The van der Waals surface area contributed by atoms with Crippen LogP contribution in [0, 0.1) is 13.8 Å². The molecular weight excluding hydrogens is 278 g/mol. The average Bonchev–Trinajstić information content (AvgIpc) is 2.33. The Labute approximate surface area is 112 Å². The first-order chi connectivity index (χ1) is 8.09. The van der Waals surface area contributed by atoms with Crippen LogP contribution in [0.25, 0.3) is 0 Å². The van der Waals surface area contributed by atoms with Gasteiger partial charge in [0.05, 0.1) is 0 Å². The lowest BCUT2D eigenvalue weighted by molar-refractivity contribution is 0.390. The molecule has 0 aliphatic carbocycles. The lowest BCUT2D eigenvalue weighted by Crippen LogP contribution is -2.35. The van der Waals surface area contributed by atoms with Gasteiger partial charge in [0, 0.05) is 10.5 Å². The molecule has 0 bridgehead atoms. The summed E-state index contributed by atoms with van der Waals surface area (Å²) in [6, 6.07) is 2.50. The first-order valence-corrected chi connectivity index (χ1v) is 7.10. The molecule has 2 nitrogen and oxygen atoms in total. The van der Waals surface area contributed by atoms with Crippen molar-refractivity contribution in [3.05, 3.63) is 27.2 Å². The second-order valence-electron chi connectivity index (χ2n) is 4.98. The number of halogens is 1. The van der Waals surface area contributed by atoms with E-state index in [1.54, 1.807) is 0 Å². The van der Waals surface area contributed by atoms with Crippen LogP contribution in [0.1, 0.15) is 36.0 Å². The van der Waals surface area contributed by atoms with Gasteiger partial charge in [0.1, 0.15) is 5.75 Å². The largest absolute Gasteiger partial charge is 0.507 e. The molecule has 1 aliphatic heterocycles. The van der Waals surface area contributed by atoms with Crippen molar-refractivity contribution in [3.8, 4) is 5.75 Å². The fourth-order valence-electron chi connectivity index (χ4n) is 2.52. The van der Waals surface area contributed by atoms with E-state index in [0.717, 1.165) is 28.6 Å². The topological polar surface area (TPSA) is 32.3 Å². The third-order valence-electron chi connectivity index (χ3n) is 3.68. The third-order valence-corrected chi connectivity index (χ3v) is 4.50. The molecule has 0 amide bonds. The maximum absolute atomic E-state index is 10.2. The van der Waals surface area contributed by atoms with Gasteiger partial charge in [-0.1, -0.05) is 22.4 Å². The van der Waals surface area contributed by atoms with E-state index in [0.29, 0.717) is 11.8 Å². The molecule has 0 radical (unpaired) electrons. The number of nitrogens with one attached hydrogen (secondary N) is 1. The summed E-state index contributed by atoms with van der Waals surface area (Å²) >= 11 is 3.56. The number of phenolic OH excluding ortho intramolecular Hbond substituents is 1. The molecule has 1 fully saturated rings. The molecule has 0 aromatic heterocycles. The van der Waals surface area contributed by atoms with E-state index in [4.69, 9.17) is 0 Å². The normalized spacial score (nSPS) is 20.5. The summed E-state index contributed by atoms with van der Waals surface area (Å²) in [6.45, 7) is 5.14. The summed E-state index contributed by atoms with van der Waals surface area (Å²) < 4.78 is 1.10. The van der Waals surface area contributed by atoms with E-state index < -0.39 is 0 Å². The number of hydrogen-bond donors (Lipinski definition) is 2. The van der Waals surface area contributed by atoms with Crippen molar-refractivity contribution in [1.29, 1.82) is 0 Å². The van der Waals surface area contributed by atoms with Crippen molar-refractivity contribution in [2.24, 2.45) is 0 Å². The molecular formula is C14H20BrNO. The van der Waals surface area contributed by atoms with Crippen LogP contribution in [-0.4, -0.2) is 17.7 Å². The SMILES string of the molecule is Cc1cc(Br)c(C)c(CC2CCCCN2)c1O. The predicted molar refractivity (Wildman–Crippen MR) is 74.6 cm³/mol. The van der Waals surface area contributed by atoms with Gasteiger partial charge in [-0.05, 0) is 62.4 Å². The lowest BCUT2D eigenvalue weighted by Gasteiger charge is -2.25. The Morgan fingerprint density at radius 1 is 1.41 bits per heavy atom. The second kappa shape index (κ2) is 5.40. The number of phenols is 1.